The van der Waals surface area contributed by atoms with Crippen molar-refractivity contribution in [2.24, 2.45) is 0 Å². The summed E-state index contributed by atoms with van der Waals surface area (Å²) in [7, 11) is 0. The number of ether oxygens (including phenoxy) is 2. The van der Waals surface area contributed by atoms with E-state index in [1.54, 1.807) is 24.3 Å². The molecule has 0 aliphatic heterocycles. The van der Waals surface area contributed by atoms with E-state index in [4.69, 9.17) is 9.47 Å². The summed E-state index contributed by atoms with van der Waals surface area (Å²) in [5.41, 5.74) is 3.04. The van der Waals surface area contributed by atoms with Crippen molar-refractivity contribution in [1.82, 2.24) is 0 Å². The molecule has 0 aromatic heterocycles. The lowest BCUT2D eigenvalue weighted by Crippen LogP contribution is -2.29. The molecule has 0 aliphatic rings. The minimum atomic E-state index is -0.752. The van der Waals surface area contributed by atoms with Crippen molar-refractivity contribution in [3.8, 4) is 11.5 Å². The summed E-state index contributed by atoms with van der Waals surface area (Å²) in [6.45, 7) is 8.54. The van der Waals surface area contributed by atoms with Crippen LogP contribution in [0.25, 0.3) is 0 Å². The van der Waals surface area contributed by atoms with Gasteiger partial charge in [0.2, 0.25) is 0 Å². The second-order valence-electron chi connectivity index (χ2n) is 5.68. The molecule has 0 bridgehead atoms. The van der Waals surface area contributed by atoms with Gasteiger partial charge in [0.05, 0.1) is 13.2 Å². The zero-order chi connectivity index (χ0) is 19.1. The Morgan fingerprint density at radius 1 is 0.885 bits per heavy atom. The second kappa shape index (κ2) is 8.89. The van der Waals surface area contributed by atoms with Gasteiger partial charge in [-0.25, -0.2) is 0 Å². The summed E-state index contributed by atoms with van der Waals surface area (Å²) in [4.78, 5) is 24.4. The molecule has 2 amide bonds. The summed E-state index contributed by atoms with van der Waals surface area (Å²) in [5, 5.41) is 5.21. The number of aryl methyl sites for hydroxylation is 1. The van der Waals surface area contributed by atoms with Crippen molar-refractivity contribution in [2.45, 2.75) is 27.7 Å². The Hall–Kier alpha value is -3.02. The lowest BCUT2D eigenvalue weighted by Gasteiger charge is -2.13. The van der Waals surface area contributed by atoms with E-state index in [0.717, 1.165) is 11.1 Å². The minimum Gasteiger partial charge on any atom is -0.490 e. The average molecular weight is 356 g/mol. The van der Waals surface area contributed by atoms with Crippen LogP contribution in [0.1, 0.15) is 25.0 Å². The molecular formula is C20H24N2O4. The molecule has 0 aliphatic carbocycles. The quantitative estimate of drug-likeness (QED) is 0.774. The normalized spacial score (nSPS) is 10.2. The van der Waals surface area contributed by atoms with Gasteiger partial charge in [-0.3, -0.25) is 9.59 Å². The van der Waals surface area contributed by atoms with E-state index in [9.17, 15) is 9.59 Å². The van der Waals surface area contributed by atoms with Gasteiger partial charge in [0, 0.05) is 17.4 Å². The first-order valence-electron chi connectivity index (χ1n) is 8.54. The molecule has 0 saturated carbocycles. The summed E-state index contributed by atoms with van der Waals surface area (Å²) in [5.74, 6) is -0.377. The van der Waals surface area contributed by atoms with Crippen LogP contribution in [0.5, 0.6) is 11.5 Å². The number of carbonyl (C=O) groups excluding carboxylic acids is 2. The summed E-state index contributed by atoms with van der Waals surface area (Å²) in [6, 6.07) is 10.5. The van der Waals surface area contributed by atoms with Gasteiger partial charge in [0.15, 0.2) is 11.5 Å². The monoisotopic (exact) mass is 356 g/mol. The minimum absolute atomic E-state index is 0.456. The second-order valence-corrected chi connectivity index (χ2v) is 5.68. The third-order valence-corrected chi connectivity index (χ3v) is 3.86. The van der Waals surface area contributed by atoms with Crippen molar-refractivity contribution in [3.05, 3.63) is 47.5 Å². The van der Waals surface area contributed by atoms with Crippen molar-refractivity contribution < 1.29 is 19.1 Å². The third-order valence-electron chi connectivity index (χ3n) is 3.86. The summed E-state index contributed by atoms with van der Waals surface area (Å²) >= 11 is 0. The molecule has 26 heavy (non-hydrogen) atoms. The highest BCUT2D eigenvalue weighted by Crippen LogP contribution is 2.30. The maximum atomic E-state index is 12.2. The molecule has 6 nitrogen and oxygen atoms in total. The predicted molar refractivity (Wildman–Crippen MR) is 102 cm³/mol. The molecule has 6 heteroatoms. The molecule has 0 radical (unpaired) electrons. The molecule has 2 N–H and O–H groups in total. The number of amides is 2. The van der Waals surface area contributed by atoms with Gasteiger partial charge < -0.3 is 20.1 Å². The van der Waals surface area contributed by atoms with E-state index in [-0.39, 0.29) is 0 Å². The van der Waals surface area contributed by atoms with E-state index in [2.05, 4.69) is 10.6 Å². The van der Waals surface area contributed by atoms with Crippen LogP contribution in [0.3, 0.4) is 0 Å². The zero-order valence-corrected chi connectivity index (χ0v) is 15.5. The van der Waals surface area contributed by atoms with E-state index >= 15 is 0 Å². The van der Waals surface area contributed by atoms with Crippen molar-refractivity contribution >= 4 is 23.2 Å². The Kier molecular flexibility index (Phi) is 6.60. The third kappa shape index (κ3) is 4.75. The fraction of sp³-hybridized carbons (Fsp3) is 0.300. The molecule has 0 unspecified atom stereocenters. The lowest BCUT2D eigenvalue weighted by atomic mass is 10.1. The number of nitrogens with one attached hydrogen (secondary N) is 2. The number of benzene rings is 2. The molecule has 0 spiro atoms. The van der Waals surface area contributed by atoms with Crippen LogP contribution in [0.2, 0.25) is 0 Å². The Labute approximate surface area is 153 Å². The van der Waals surface area contributed by atoms with Crippen LogP contribution < -0.4 is 20.1 Å². The van der Waals surface area contributed by atoms with Crippen molar-refractivity contribution in [2.75, 3.05) is 23.8 Å². The number of carbonyl (C=O) groups is 2. The number of rotatable bonds is 6. The standard InChI is InChI=1S/C20H24N2O4/c1-5-25-17-11-10-15(12-18(17)26-6-2)21-19(23)20(24)22-16-9-7-8-13(3)14(16)4/h7-12H,5-6H2,1-4H3,(H,21,23)(H,22,24). The molecule has 0 heterocycles. The van der Waals surface area contributed by atoms with Crippen molar-refractivity contribution in [1.29, 1.82) is 0 Å². The Bertz CT molecular complexity index is 802. The van der Waals surface area contributed by atoms with Crippen LogP contribution in [-0.4, -0.2) is 25.0 Å². The lowest BCUT2D eigenvalue weighted by molar-refractivity contribution is -0.133. The maximum Gasteiger partial charge on any atom is 0.314 e. The van der Waals surface area contributed by atoms with Gasteiger partial charge in [0.1, 0.15) is 0 Å². The average Bonchev–Trinajstić information content (AvgIpc) is 2.61. The molecule has 2 aromatic rings. The van der Waals surface area contributed by atoms with Gasteiger partial charge in [-0.1, -0.05) is 12.1 Å². The Morgan fingerprint density at radius 2 is 1.54 bits per heavy atom. The van der Waals surface area contributed by atoms with E-state index in [1.165, 1.54) is 0 Å². The van der Waals surface area contributed by atoms with Gasteiger partial charge >= 0.3 is 11.8 Å². The zero-order valence-electron chi connectivity index (χ0n) is 15.5. The van der Waals surface area contributed by atoms with E-state index in [1.807, 2.05) is 39.8 Å². The summed E-state index contributed by atoms with van der Waals surface area (Å²) in [6.07, 6.45) is 0. The van der Waals surface area contributed by atoms with Crippen LogP contribution in [0.4, 0.5) is 11.4 Å². The highest BCUT2D eigenvalue weighted by Gasteiger charge is 2.16. The number of hydrogen-bond acceptors (Lipinski definition) is 4. The smallest absolute Gasteiger partial charge is 0.314 e. The van der Waals surface area contributed by atoms with Crippen LogP contribution in [-0.2, 0) is 9.59 Å². The van der Waals surface area contributed by atoms with Gasteiger partial charge in [-0.2, -0.15) is 0 Å². The maximum absolute atomic E-state index is 12.2. The fourth-order valence-electron chi connectivity index (χ4n) is 2.38. The predicted octanol–water partition coefficient (Wildman–Crippen LogP) is 3.68. The fourth-order valence-corrected chi connectivity index (χ4v) is 2.38. The molecule has 0 atom stereocenters. The number of anilines is 2. The molecule has 2 aromatic carbocycles. The summed E-state index contributed by atoms with van der Waals surface area (Å²) < 4.78 is 11.0. The topological polar surface area (TPSA) is 76.7 Å². The highest BCUT2D eigenvalue weighted by atomic mass is 16.5. The van der Waals surface area contributed by atoms with E-state index < -0.39 is 11.8 Å². The van der Waals surface area contributed by atoms with E-state index in [0.29, 0.717) is 36.1 Å². The van der Waals surface area contributed by atoms with Gasteiger partial charge in [-0.15, -0.1) is 0 Å². The van der Waals surface area contributed by atoms with Gasteiger partial charge in [0.25, 0.3) is 0 Å². The molecule has 0 saturated heterocycles. The first kappa shape index (κ1) is 19.3. The Morgan fingerprint density at radius 3 is 2.23 bits per heavy atom. The van der Waals surface area contributed by atoms with Crippen LogP contribution >= 0.6 is 0 Å². The molecule has 0 fully saturated rings. The molecular weight excluding hydrogens is 332 g/mol. The Balaban J connectivity index is 2.09. The van der Waals surface area contributed by atoms with Crippen LogP contribution in [0, 0.1) is 13.8 Å². The highest BCUT2D eigenvalue weighted by molar-refractivity contribution is 6.43. The number of hydrogen-bond donors (Lipinski definition) is 2. The first-order chi connectivity index (χ1) is 12.5. The van der Waals surface area contributed by atoms with Crippen LogP contribution in [0.15, 0.2) is 36.4 Å². The van der Waals surface area contributed by atoms with Gasteiger partial charge in [-0.05, 0) is 57.0 Å². The first-order valence-corrected chi connectivity index (χ1v) is 8.54. The SMILES string of the molecule is CCOc1ccc(NC(=O)C(=O)Nc2cccc(C)c2C)cc1OCC. The largest absolute Gasteiger partial charge is 0.490 e. The molecule has 138 valence electrons. The van der Waals surface area contributed by atoms with Crippen molar-refractivity contribution in [3.63, 3.8) is 0 Å². The molecule has 2 rings (SSSR count).